The zero-order valence-electron chi connectivity index (χ0n) is 12.7. The van der Waals surface area contributed by atoms with Gasteiger partial charge in [0.25, 0.3) is 5.69 Å². The van der Waals surface area contributed by atoms with Gasteiger partial charge in [-0.05, 0) is 18.1 Å². The first-order valence-corrected chi connectivity index (χ1v) is 7.14. The van der Waals surface area contributed by atoms with Gasteiger partial charge in [-0.3, -0.25) is 10.1 Å². The van der Waals surface area contributed by atoms with Crippen LogP contribution >= 0.6 is 0 Å². The van der Waals surface area contributed by atoms with E-state index in [4.69, 9.17) is 4.74 Å². The van der Waals surface area contributed by atoms with E-state index < -0.39 is 4.92 Å². The van der Waals surface area contributed by atoms with E-state index in [9.17, 15) is 15.4 Å². The van der Waals surface area contributed by atoms with E-state index in [1.54, 1.807) is 19.1 Å². The highest BCUT2D eigenvalue weighted by Crippen LogP contribution is 2.19. The van der Waals surface area contributed by atoms with Gasteiger partial charge in [0, 0.05) is 18.6 Å². The normalized spacial score (nSPS) is 11.3. The number of nitrogens with zero attached hydrogens (tertiary/aromatic N) is 2. The molecule has 0 aliphatic heterocycles. The molecule has 0 aliphatic rings. The van der Waals surface area contributed by atoms with Crippen molar-refractivity contribution in [1.29, 1.82) is 5.26 Å². The Balaban J connectivity index is 1.98. The molecule has 0 bridgehead atoms. The van der Waals surface area contributed by atoms with Crippen LogP contribution < -0.4 is 0 Å². The van der Waals surface area contributed by atoms with Crippen LogP contribution in [-0.2, 0) is 11.2 Å². The summed E-state index contributed by atoms with van der Waals surface area (Å²) in [5.41, 5.74) is 2.35. The minimum atomic E-state index is -0.424. The predicted molar refractivity (Wildman–Crippen MR) is 87.4 cm³/mol. The molecule has 0 N–H and O–H groups in total. The number of nitriles is 1. The smallest absolute Gasteiger partial charge is 0.269 e. The van der Waals surface area contributed by atoms with Gasteiger partial charge in [-0.2, -0.15) is 5.26 Å². The second-order valence-electron chi connectivity index (χ2n) is 4.93. The number of nitro groups is 1. The van der Waals surface area contributed by atoms with Crippen LogP contribution in [0.2, 0.25) is 0 Å². The molecule has 0 aromatic heterocycles. The predicted octanol–water partition coefficient (Wildman–Crippen LogP) is 4.11. The molecule has 0 atom stereocenters. The van der Waals surface area contributed by atoms with Gasteiger partial charge >= 0.3 is 0 Å². The van der Waals surface area contributed by atoms with Gasteiger partial charge < -0.3 is 4.74 Å². The van der Waals surface area contributed by atoms with Crippen molar-refractivity contribution in [3.05, 3.63) is 81.6 Å². The molecule has 0 amide bonds. The van der Waals surface area contributed by atoms with Crippen LogP contribution in [-0.4, -0.2) is 11.5 Å². The van der Waals surface area contributed by atoms with Crippen molar-refractivity contribution < 1.29 is 9.66 Å². The summed E-state index contributed by atoms with van der Waals surface area (Å²) in [5.74, 6) is 0.570. The van der Waals surface area contributed by atoms with Crippen molar-refractivity contribution in [2.75, 3.05) is 6.61 Å². The van der Waals surface area contributed by atoms with Gasteiger partial charge in [-0.15, -0.1) is 0 Å². The molecule has 23 heavy (non-hydrogen) atoms. The molecular weight excluding hydrogens is 292 g/mol. The average Bonchev–Trinajstić information content (AvgIpc) is 2.57. The summed E-state index contributed by atoms with van der Waals surface area (Å²) in [4.78, 5) is 10.2. The van der Waals surface area contributed by atoms with Crippen LogP contribution in [0, 0.1) is 21.4 Å². The SMILES string of the molecule is C/C(OCCc1ccc([N+](=O)[O-])cc1)=C(\C#N)c1ccccc1. The minimum absolute atomic E-state index is 0.0709. The van der Waals surface area contributed by atoms with Gasteiger partial charge in [-0.1, -0.05) is 42.5 Å². The van der Waals surface area contributed by atoms with E-state index in [1.807, 2.05) is 30.3 Å². The van der Waals surface area contributed by atoms with E-state index in [1.165, 1.54) is 12.1 Å². The summed E-state index contributed by atoms with van der Waals surface area (Å²) in [7, 11) is 0. The maximum atomic E-state index is 10.6. The number of benzene rings is 2. The van der Waals surface area contributed by atoms with Crippen molar-refractivity contribution in [2.45, 2.75) is 13.3 Å². The Labute approximate surface area is 134 Å². The molecule has 0 radical (unpaired) electrons. The second kappa shape index (κ2) is 7.76. The molecule has 2 aromatic carbocycles. The van der Waals surface area contributed by atoms with Crippen molar-refractivity contribution >= 4 is 11.3 Å². The number of non-ortho nitro benzene ring substituents is 1. The van der Waals surface area contributed by atoms with Crippen molar-refractivity contribution in [1.82, 2.24) is 0 Å². The molecule has 116 valence electrons. The zero-order chi connectivity index (χ0) is 16.7. The molecule has 0 fully saturated rings. The molecule has 5 heteroatoms. The van der Waals surface area contributed by atoms with Gasteiger partial charge in [-0.25, -0.2) is 0 Å². The molecule has 0 aliphatic carbocycles. The molecule has 2 aromatic rings. The highest BCUT2D eigenvalue weighted by atomic mass is 16.6. The number of nitro benzene ring substituents is 1. The first-order valence-electron chi connectivity index (χ1n) is 7.14. The van der Waals surface area contributed by atoms with Crippen molar-refractivity contribution in [2.24, 2.45) is 0 Å². The fourth-order valence-electron chi connectivity index (χ4n) is 2.13. The van der Waals surface area contributed by atoms with Gasteiger partial charge in [0.05, 0.1) is 17.1 Å². The largest absolute Gasteiger partial charge is 0.496 e. The maximum absolute atomic E-state index is 10.6. The van der Waals surface area contributed by atoms with Crippen molar-refractivity contribution in [3.63, 3.8) is 0 Å². The van der Waals surface area contributed by atoms with Crippen LogP contribution in [0.4, 0.5) is 5.69 Å². The summed E-state index contributed by atoms with van der Waals surface area (Å²) in [6.07, 6.45) is 0.614. The summed E-state index contributed by atoms with van der Waals surface area (Å²) >= 11 is 0. The first-order chi connectivity index (χ1) is 11.1. The topological polar surface area (TPSA) is 76.2 Å². The lowest BCUT2D eigenvalue weighted by molar-refractivity contribution is -0.384. The Morgan fingerprint density at radius 3 is 2.39 bits per heavy atom. The van der Waals surface area contributed by atoms with E-state index in [-0.39, 0.29) is 5.69 Å². The van der Waals surface area contributed by atoms with Gasteiger partial charge in [0.15, 0.2) is 0 Å². The highest BCUT2D eigenvalue weighted by Gasteiger charge is 2.07. The van der Waals surface area contributed by atoms with Gasteiger partial charge in [0.2, 0.25) is 0 Å². The highest BCUT2D eigenvalue weighted by molar-refractivity contribution is 5.77. The number of rotatable bonds is 6. The van der Waals surface area contributed by atoms with Crippen LogP contribution in [0.5, 0.6) is 0 Å². The number of allylic oxidation sites excluding steroid dienone is 2. The third-order valence-electron chi connectivity index (χ3n) is 3.38. The molecule has 0 unspecified atom stereocenters. The van der Waals surface area contributed by atoms with E-state index >= 15 is 0 Å². The number of ether oxygens (including phenoxy) is 1. The Morgan fingerprint density at radius 2 is 1.83 bits per heavy atom. The Hall–Kier alpha value is -3.13. The lowest BCUT2D eigenvalue weighted by Crippen LogP contribution is -1.99. The van der Waals surface area contributed by atoms with Gasteiger partial charge in [0.1, 0.15) is 11.8 Å². The molecule has 2 rings (SSSR count). The Morgan fingerprint density at radius 1 is 1.17 bits per heavy atom. The van der Waals surface area contributed by atoms with E-state index in [2.05, 4.69) is 6.07 Å². The third-order valence-corrected chi connectivity index (χ3v) is 3.38. The lowest BCUT2D eigenvalue weighted by Gasteiger charge is -2.09. The quantitative estimate of drug-likeness (QED) is 0.348. The van der Waals surface area contributed by atoms with Crippen LogP contribution in [0.15, 0.2) is 60.4 Å². The fourth-order valence-corrected chi connectivity index (χ4v) is 2.13. The standard InChI is InChI=1S/C18H16N2O3/c1-14(18(13-19)16-5-3-2-4-6-16)23-12-11-15-7-9-17(10-8-15)20(21)22/h2-10H,11-12H2,1H3/b18-14-. The van der Waals surface area contributed by atoms with Crippen LogP contribution in [0.3, 0.4) is 0 Å². The second-order valence-corrected chi connectivity index (χ2v) is 4.93. The molecule has 0 spiro atoms. The molecule has 5 nitrogen and oxygen atoms in total. The summed E-state index contributed by atoms with van der Waals surface area (Å²) in [5, 5.41) is 19.9. The van der Waals surface area contributed by atoms with Crippen LogP contribution in [0.25, 0.3) is 5.57 Å². The van der Waals surface area contributed by atoms with Crippen molar-refractivity contribution in [3.8, 4) is 6.07 Å². The Bertz CT molecular complexity index is 744. The summed E-state index contributed by atoms with van der Waals surface area (Å²) in [6.45, 7) is 2.17. The zero-order valence-corrected chi connectivity index (χ0v) is 12.7. The monoisotopic (exact) mass is 308 g/mol. The first kappa shape index (κ1) is 16.2. The van der Waals surface area contributed by atoms with Crippen LogP contribution in [0.1, 0.15) is 18.1 Å². The summed E-state index contributed by atoms with van der Waals surface area (Å²) in [6, 6.07) is 17.9. The maximum Gasteiger partial charge on any atom is 0.269 e. The Kier molecular flexibility index (Phi) is 5.48. The lowest BCUT2D eigenvalue weighted by atomic mass is 10.1. The fraction of sp³-hybridized carbons (Fsp3) is 0.167. The summed E-state index contributed by atoms with van der Waals surface area (Å²) < 4.78 is 5.65. The van der Waals surface area contributed by atoms with E-state index in [0.717, 1.165) is 11.1 Å². The molecule has 0 heterocycles. The number of hydrogen-bond acceptors (Lipinski definition) is 4. The minimum Gasteiger partial charge on any atom is -0.496 e. The molecular formula is C18H16N2O3. The average molecular weight is 308 g/mol. The molecule has 0 saturated heterocycles. The van der Waals surface area contributed by atoms with E-state index in [0.29, 0.717) is 24.4 Å². The third kappa shape index (κ3) is 4.42. The number of hydrogen-bond donors (Lipinski definition) is 0. The molecule has 0 saturated carbocycles.